The van der Waals surface area contributed by atoms with Crippen LogP contribution in [0.2, 0.25) is 0 Å². The Morgan fingerprint density at radius 2 is 2.00 bits per heavy atom. The third-order valence-electron chi connectivity index (χ3n) is 3.57. The lowest BCUT2D eigenvalue weighted by molar-refractivity contribution is -0.119. The molecular formula is C14H19NO4S. The molecular weight excluding hydrogens is 278 g/mol. The monoisotopic (exact) mass is 297 g/mol. The number of aliphatic hydroxyl groups excluding tert-OH is 1. The number of carbonyl (C=O) groups is 1. The molecule has 110 valence electrons. The van der Waals surface area contributed by atoms with Gasteiger partial charge in [0.2, 0.25) is 5.91 Å². The number of amides is 1. The number of anilines is 1. The molecule has 0 bridgehead atoms. The van der Waals surface area contributed by atoms with E-state index in [1.807, 2.05) is 19.1 Å². The van der Waals surface area contributed by atoms with E-state index in [2.05, 4.69) is 0 Å². The van der Waals surface area contributed by atoms with Gasteiger partial charge < -0.3 is 10.0 Å². The fourth-order valence-corrected chi connectivity index (χ4v) is 4.33. The van der Waals surface area contributed by atoms with E-state index in [1.165, 1.54) is 4.90 Å². The Bertz CT molecular complexity index is 611. The number of aliphatic hydroxyl groups is 1. The number of sulfone groups is 1. The molecule has 1 aliphatic rings. The van der Waals surface area contributed by atoms with Crippen molar-refractivity contribution in [3.8, 4) is 0 Å². The van der Waals surface area contributed by atoms with Gasteiger partial charge in [-0.3, -0.25) is 4.79 Å². The highest BCUT2D eigenvalue weighted by molar-refractivity contribution is 7.91. The minimum absolute atomic E-state index is 0.180. The van der Waals surface area contributed by atoms with Gasteiger partial charge in [-0.1, -0.05) is 25.1 Å². The van der Waals surface area contributed by atoms with Crippen LogP contribution in [-0.4, -0.2) is 43.1 Å². The van der Waals surface area contributed by atoms with E-state index in [4.69, 9.17) is 0 Å². The highest BCUT2D eigenvalue weighted by Crippen LogP contribution is 2.28. The summed E-state index contributed by atoms with van der Waals surface area (Å²) in [5, 5.41) is 10.0. The van der Waals surface area contributed by atoms with Crippen LogP contribution in [0, 0.1) is 6.92 Å². The molecule has 1 heterocycles. The van der Waals surface area contributed by atoms with Crippen LogP contribution in [0.4, 0.5) is 5.69 Å². The summed E-state index contributed by atoms with van der Waals surface area (Å²) in [5.41, 5.74) is 1.55. The van der Waals surface area contributed by atoms with Crippen LogP contribution in [-0.2, 0) is 14.6 Å². The number of aryl methyl sites for hydroxylation is 1. The maximum atomic E-state index is 12.2. The van der Waals surface area contributed by atoms with Gasteiger partial charge >= 0.3 is 0 Å². The lowest BCUT2D eigenvalue weighted by Gasteiger charge is -2.31. The fourth-order valence-electron chi connectivity index (χ4n) is 2.56. The van der Waals surface area contributed by atoms with Crippen LogP contribution >= 0.6 is 0 Å². The zero-order chi connectivity index (χ0) is 14.9. The summed E-state index contributed by atoms with van der Waals surface area (Å²) in [5.74, 6) is -0.647. The van der Waals surface area contributed by atoms with E-state index in [0.29, 0.717) is 5.69 Å². The molecule has 2 atom stereocenters. The number of carbonyl (C=O) groups excluding carboxylic acids is 1. The third-order valence-corrected chi connectivity index (χ3v) is 5.27. The van der Waals surface area contributed by atoms with Gasteiger partial charge in [-0.05, 0) is 18.6 Å². The molecule has 1 saturated heterocycles. The van der Waals surface area contributed by atoms with Crippen LogP contribution in [0.3, 0.4) is 0 Å². The third kappa shape index (κ3) is 2.86. The molecule has 2 rings (SSSR count). The van der Waals surface area contributed by atoms with Crippen molar-refractivity contribution in [3.05, 3.63) is 29.8 Å². The van der Waals surface area contributed by atoms with Gasteiger partial charge in [0, 0.05) is 12.1 Å². The zero-order valence-electron chi connectivity index (χ0n) is 11.6. The second kappa shape index (κ2) is 5.54. The smallest absolute Gasteiger partial charge is 0.227 e. The molecule has 0 saturated carbocycles. The molecule has 1 aromatic rings. The molecule has 1 aliphatic heterocycles. The van der Waals surface area contributed by atoms with E-state index in [0.717, 1.165) is 5.56 Å². The predicted octanol–water partition coefficient (Wildman–Crippen LogP) is 0.896. The van der Waals surface area contributed by atoms with E-state index in [9.17, 15) is 18.3 Å². The first-order valence-corrected chi connectivity index (χ1v) is 8.44. The van der Waals surface area contributed by atoms with E-state index in [-0.39, 0.29) is 23.8 Å². The van der Waals surface area contributed by atoms with Gasteiger partial charge in [0.25, 0.3) is 0 Å². The van der Waals surface area contributed by atoms with Crippen LogP contribution in [0.5, 0.6) is 0 Å². The highest BCUT2D eigenvalue weighted by Gasteiger charge is 2.42. The standard InChI is InChI=1S/C14H19NO4S/c1-3-14(17)15(11-7-5-4-6-10(11)2)12-8-20(18,19)9-13(12)16/h4-7,12-13,16H,3,8-9H2,1-2H3. The largest absolute Gasteiger partial charge is 0.390 e. The van der Waals surface area contributed by atoms with Crippen molar-refractivity contribution >= 4 is 21.4 Å². The van der Waals surface area contributed by atoms with Crippen molar-refractivity contribution in [2.45, 2.75) is 32.4 Å². The van der Waals surface area contributed by atoms with Gasteiger partial charge in [0.1, 0.15) is 0 Å². The second-order valence-electron chi connectivity index (χ2n) is 5.12. The van der Waals surface area contributed by atoms with Crippen molar-refractivity contribution in [3.63, 3.8) is 0 Å². The fraction of sp³-hybridized carbons (Fsp3) is 0.500. The lowest BCUT2D eigenvalue weighted by atomic mass is 10.1. The molecule has 0 spiro atoms. The molecule has 1 amide bonds. The second-order valence-corrected chi connectivity index (χ2v) is 7.27. The Kier molecular flexibility index (Phi) is 4.15. The molecule has 0 aliphatic carbocycles. The van der Waals surface area contributed by atoms with Gasteiger partial charge in [0.05, 0.1) is 23.7 Å². The van der Waals surface area contributed by atoms with Crippen LogP contribution < -0.4 is 4.90 Å². The first kappa shape index (κ1) is 15.0. The van der Waals surface area contributed by atoms with Crippen LogP contribution in [0.25, 0.3) is 0 Å². The maximum absolute atomic E-state index is 12.2. The summed E-state index contributed by atoms with van der Waals surface area (Å²) in [6, 6.07) is 6.60. The van der Waals surface area contributed by atoms with E-state index in [1.54, 1.807) is 19.1 Å². The quantitative estimate of drug-likeness (QED) is 0.899. The SMILES string of the molecule is CCC(=O)N(c1ccccc1C)C1CS(=O)(=O)CC1O. The molecule has 0 aromatic heterocycles. The summed E-state index contributed by atoms with van der Waals surface area (Å²) in [4.78, 5) is 13.7. The van der Waals surface area contributed by atoms with Gasteiger partial charge in [0.15, 0.2) is 9.84 Å². The van der Waals surface area contributed by atoms with Crippen molar-refractivity contribution in [2.75, 3.05) is 16.4 Å². The average molecular weight is 297 g/mol. The number of benzene rings is 1. The molecule has 1 fully saturated rings. The summed E-state index contributed by atoms with van der Waals surface area (Å²) < 4.78 is 23.4. The summed E-state index contributed by atoms with van der Waals surface area (Å²) in [6.45, 7) is 3.59. The zero-order valence-corrected chi connectivity index (χ0v) is 12.4. The maximum Gasteiger partial charge on any atom is 0.227 e. The molecule has 1 N–H and O–H groups in total. The number of hydrogen-bond acceptors (Lipinski definition) is 4. The van der Waals surface area contributed by atoms with Crippen molar-refractivity contribution < 1.29 is 18.3 Å². The lowest BCUT2D eigenvalue weighted by Crippen LogP contribution is -2.47. The number of hydrogen-bond donors (Lipinski definition) is 1. The van der Waals surface area contributed by atoms with E-state index >= 15 is 0 Å². The Morgan fingerprint density at radius 3 is 2.50 bits per heavy atom. The van der Waals surface area contributed by atoms with Gasteiger partial charge in [-0.25, -0.2) is 8.42 Å². The molecule has 0 radical (unpaired) electrons. The normalized spacial score (nSPS) is 24.6. The molecule has 1 aromatic carbocycles. The van der Waals surface area contributed by atoms with Crippen molar-refractivity contribution in [2.24, 2.45) is 0 Å². The van der Waals surface area contributed by atoms with Crippen LogP contribution in [0.15, 0.2) is 24.3 Å². The number of rotatable bonds is 3. The summed E-state index contributed by atoms with van der Waals surface area (Å²) >= 11 is 0. The van der Waals surface area contributed by atoms with Crippen LogP contribution in [0.1, 0.15) is 18.9 Å². The summed E-state index contributed by atoms with van der Waals surface area (Å²) in [6.07, 6.45) is -0.771. The van der Waals surface area contributed by atoms with E-state index < -0.39 is 22.0 Å². The van der Waals surface area contributed by atoms with Gasteiger partial charge in [-0.2, -0.15) is 0 Å². The molecule has 6 heteroatoms. The molecule has 2 unspecified atom stereocenters. The van der Waals surface area contributed by atoms with Crippen molar-refractivity contribution in [1.29, 1.82) is 0 Å². The molecule has 5 nitrogen and oxygen atoms in total. The first-order chi connectivity index (χ1) is 9.35. The van der Waals surface area contributed by atoms with Gasteiger partial charge in [-0.15, -0.1) is 0 Å². The topological polar surface area (TPSA) is 74.7 Å². The highest BCUT2D eigenvalue weighted by atomic mass is 32.2. The van der Waals surface area contributed by atoms with Crippen molar-refractivity contribution in [1.82, 2.24) is 0 Å². The summed E-state index contributed by atoms with van der Waals surface area (Å²) in [7, 11) is -3.30. The number of nitrogens with zero attached hydrogens (tertiary/aromatic N) is 1. The first-order valence-electron chi connectivity index (χ1n) is 6.62. The Morgan fingerprint density at radius 1 is 1.35 bits per heavy atom. The number of para-hydroxylation sites is 1. The minimum atomic E-state index is -3.30. The Balaban J connectivity index is 2.45. The average Bonchev–Trinajstić information content (AvgIpc) is 2.65. The minimum Gasteiger partial charge on any atom is -0.390 e. The Labute approximate surface area is 119 Å². The Hall–Kier alpha value is -1.40. The molecule has 20 heavy (non-hydrogen) atoms. The predicted molar refractivity (Wildman–Crippen MR) is 77.4 cm³/mol.